The summed E-state index contributed by atoms with van der Waals surface area (Å²) in [4.78, 5) is 37.8. The van der Waals surface area contributed by atoms with Crippen LogP contribution in [-0.4, -0.2) is 47.9 Å². The normalized spacial score (nSPS) is 20.0. The molecule has 24 heavy (non-hydrogen) atoms. The van der Waals surface area contributed by atoms with Crippen molar-refractivity contribution in [3.63, 3.8) is 0 Å². The first-order valence-corrected chi connectivity index (χ1v) is 8.34. The lowest BCUT2D eigenvalue weighted by atomic mass is 10.2. The van der Waals surface area contributed by atoms with Gasteiger partial charge in [0.15, 0.2) is 0 Å². The van der Waals surface area contributed by atoms with Crippen LogP contribution in [0, 0.1) is 0 Å². The van der Waals surface area contributed by atoms with E-state index < -0.39 is 12.1 Å². The minimum Gasteiger partial charge on any atom is -0.352 e. The van der Waals surface area contributed by atoms with Gasteiger partial charge in [-0.3, -0.25) is 9.59 Å². The van der Waals surface area contributed by atoms with Gasteiger partial charge in [-0.15, -0.1) is 0 Å². The number of hydrogen-bond donors (Lipinski definition) is 3. The van der Waals surface area contributed by atoms with Gasteiger partial charge >= 0.3 is 6.03 Å². The zero-order valence-electron chi connectivity index (χ0n) is 13.7. The monoisotopic (exact) mass is 330 g/mol. The Morgan fingerprint density at radius 2 is 1.88 bits per heavy atom. The maximum atomic E-state index is 12.2. The average Bonchev–Trinajstić information content (AvgIpc) is 3.34. The molecule has 0 radical (unpaired) electrons. The van der Waals surface area contributed by atoms with Crippen molar-refractivity contribution < 1.29 is 14.4 Å². The van der Waals surface area contributed by atoms with Crippen LogP contribution in [-0.2, 0) is 4.79 Å². The molecule has 2 aliphatic rings. The average molecular weight is 330 g/mol. The van der Waals surface area contributed by atoms with Gasteiger partial charge in [0.2, 0.25) is 5.91 Å². The smallest absolute Gasteiger partial charge is 0.319 e. The van der Waals surface area contributed by atoms with Crippen molar-refractivity contribution in [3.8, 4) is 0 Å². The molecule has 1 saturated heterocycles. The van der Waals surface area contributed by atoms with Crippen LogP contribution in [0.4, 0.5) is 10.5 Å². The molecule has 0 unspecified atom stereocenters. The molecule has 1 heterocycles. The molecule has 1 saturated carbocycles. The van der Waals surface area contributed by atoms with Crippen LogP contribution in [0.5, 0.6) is 0 Å². The Morgan fingerprint density at radius 3 is 2.50 bits per heavy atom. The van der Waals surface area contributed by atoms with Crippen molar-refractivity contribution in [2.45, 2.75) is 38.3 Å². The Morgan fingerprint density at radius 1 is 1.17 bits per heavy atom. The third-order valence-corrected chi connectivity index (χ3v) is 4.28. The lowest BCUT2D eigenvalue weighted by Crippen LogP contribution is -2.43. The molecule has 1 aliphatic heterocycles. The van der Waals surface area contributed by atoms with Gasteiger partial charge in [-0.2, -0.15) is 0 Å². The molecule has 7 heteroatoms. The number of carbonyl (C=O) groups excluding carboxylic acids is 3. The third-order valence-electron chi connectivity index (χ3n) is 4.28. The Hall–Kier alpha value is -2.57. The number of nitrogens with zero attached hydrogens (tertiary/aromatic N) is 1. The fraction of sp³-hybridized carbons (Fsp3) is 0.471. The SMILES string of the molecule is CCNC(=O)c1ccc(NC(=O)N[C@@H]2CCN(C3CC3)C2=O)cc1. The summed E-state index contributed by atoms with van der Waals surface area (Å²) in [5.41, 5.74) is 1.11. The first-order valence-electron chi connectivity index (χ1n) is 8.34. The number of likely N-dealkylation sites (tertiary alicyclic amines) is 1. The number of rotatable bonds is 5. The van der Waals surface area contributed by atoms with E-state index in [2.05, 4.69) is 16.0 Å². The van der Waals surface area contributed by atoms with Crippen molar-refractivity contribution in [2.75, 3.05) is 18.4 Å². The standard InChI is InChI=1S/C17H22N4O3/c1-2-18-15(22)11-3-5-12(6-4-11)19-17(24)20-14-9-10-21(16(14)23)13-7-8-13/h3-6,13-14H,2,7-10H2,1H3,(H,18,22)(H2,19,20,24)/t14-/m1/s1. The number of hydrogen-bond acceptors (Lipinski definition) is 3. The fourth-order valence-electron chi connectivity index (χ4n) is 2.88. The van der Waals surface area contributed by atoms with Crippen LogP contribution >= 0.6 is 0 Å². The van der Waals surface area contributed by atoms with Crippen LogP contribution in [0.2, 0.25) is 0 Å². The van der Waals surface area contributed by atoms with Crippen LogP contribution in [0.25, 0.3) is 0 Å². The van der Waals surface area contributed by atoms with E-state index in [1.54, 1.807) is 24.3 Å². The molecule has 3 rings (SSSR count). The summed E-state index contributed by atoms with van der Waals surface area (Å²) < 4.78 is 0. The number of urea groups is 1. The third kappa shape index (κ3) is 3.67. The molecular weight excluding hydrogens is 308 g/mol. The molecular formula is C17H22N4O3. The predicted molar refractivity (Wildman–Crippen MR) is 89.7 cm³/mol. The Kier molecular flexibility index (Phi) is 4.69. The predicted octanol–water partition coefficient (Wildman–Crippen LogP) is 1.32. The molecule has 0 spiro atoms. The van der Waals surface area contributed by atoms with E-state index in [1.165, 1.54) is 0 Å². The summed E-state index contributed by atoms with van der Waals surface area (Å²) in [6.45, 7) is 3.14. The maximum Gasteiger partial charge on any atom is 0.319 e. The number of carbonyl (C=O) groups is 3. The first-order chi connectivity index (χ1) is 11.6. The van der Waals surface area contributed by atoms with Gasteiger partial charge in [0.25, 0.3) is 5.91 Å². The summed E-state index contributed by atoms with van der Waals surface area (Å²) in [5, 5.41) is 8.13. The van der Waals surface area contributed by atoms with Crippen molar-refractivity contribution in [1.29, 1.82) is 0 Å². The summed E-state index contributed by atoms with van der Waals surface area (Å²) >= 11 is 0. The van der Waals surface area contributed by atoms with Crippen molar-refractivity contribution >= 4 is 23.5 Å². The van der Waals surface area contributed by atoms with Gasteiger partial charge in [0.1, 0.15) is 6.04 Å². The molecule has 4 amide bonds. The second-order valence-electron chi connectivity index (χ2n) is 6.14. The number of anilines is 1. The summed E-state index contributed by atoms with van der Waals surface area (Å²) in [5.74, 6) is -0.135. The molecule has 3 N–H and O–H groups in total. The lowest BCUT2D eigenvalue weighted by molar-refractivity contribution is -0.129. The van der Waals surface area contributed by atoms with Gasteiger partial charge < -0.3 is 20.9 Å². The van der Waals surface area contributed by atoms with E-state index in [9.17, 15) is 14.4 Å². The van der Waals surface area contributed by atoms with Gasteiger partial charge in [-0.1, -0.05) is 0 Å². The summed E-state index contributed by atoms with van der Waals surface area (Å²) in [6, 6.07) is 6.16. The summed E-state index contributed by atoms with van der Waals surface area (Å²) in [6.07, 6.45) is 2.80. The molecule has 0 bridgehead atoms. The Bertz CT molecular complexity index is 640. The molecule has 2 fully saturated rings. The van der Waals surface area contributed by atoms with Crippen molar-refractivity contribution in [2.24, 2.45) is 0 Å². The molecule has 128 valence electrons. The van der Waals surface area contributed by atoms with E-state index in [-0.39, 0.29) is 11.8 Å². The Labute approximate surface area is 140 Å². The number of nitrogens with one attached hydrogen (secondary N) is 3. The highest BCUT2D eigenvalue weighted by molar-refractivity contribution is 5.96. The highest BCUT2D eigenvalue weighted by Gasteiger charge is 2.40. The minimum absolute atomic E-state index is 0.0132. The Balaban J connectivity index is 1.51. The molecule has 1 aromatic carbocycles. The second-order valence-corrected chi connectivity index (χ2v) is 6.14. The van der Waals surface area contributed by atoms with Crippen LogP contribution in [0.15, 0.2) is 24.3 Å². The van der Waals surface area contributed by atoms with Crippen LogP contribution in [0.3, 0.4) is 0 Å². The van der Waals surface area contributed by atoms with Crippen LogP contribution in [0.1, 0.15) is 36.5 Å². The highest BCUT2D eigenvalue weighted by Crippen LogP contribution is 2.30. The van der Waals surface area contributed by atoms with E-state index in [0.717, 1.165) is 19.4 Å². The summed E-state index contributed by atoms with van der Waals surface area (Å²) in [7, 11) is 0. The van der Waals surface area contributed by atoms with Crippen molar-refractivity contribution in [1.82, 2.24) is 15.5 Å². The fourth-order valence-corrected chi connectivity index (χ4v) is 2.88. The molecule has 0 aromatic heterocycles. The van der Waals surface area contributed by atoms with Gasteiger partial charge in [-0.05, 0) is 50.5 Å². The maximum absolute atomic E-state index is 12.2. The van der Waals surface area contributed by atoms with Gasteiger partial charge in [0, 0.05) is 30.4 Å². The van der Waals surface area contributed by atoms with Gasteiger partial charge in [0.05, 0.1) is 0 Å². The zero-order chi connectivity index (χ0) is 17.1. The van der Waals surface area contributed by atoms with Crippen LogP contribution < -0.4 is 16.0 Å². The topological polar surface area (TPSA) is 90.5 Å². The minimum atomic E-state index is -0.444. The molecule has 1 aromatic rings. The van der Waals surface area contributed by atoms with E-state index in [1.807, 2.05) is 11.8 Å². The van der Waals surface area contributed by atoms with E-state index in [4.69, 9.17) is 0 Å². The van der Waals surface area contributed by atoms with E-state index >= 15 is 0 Å². The molecule has 1 aliphatic carbocycles. The largest absolute Gasteiger partial charge is 0.352 e. The molecule has 1 atom stereocenters. The zero-order valence-corrected chi connectivity index (χ0v) is 13.7. The number of benzene rings is 1. The van der Waals surface area contributed by atoms with Gasteiger partial charge in [-0.25, -0.2) is 4.79 Å². The van der Waals surface area contributed by atoms with Crippen molar-refractivity contribution in [3.05, 3.63) is 29.8 Å². The second kappa shape index (κ2) is 6.90. The first kappa shape index (κ1) is 16.3. The number of amides is 4. The lowest BCUT2D eigenvalue weighted by Gasteiger charge is -2.16. The van der Waals surface area contributed by atoms with E-state index in [0.29, 0.717) is 30.3 Å². The quantitative estimate of drug-likeness (QED) is 0.760. The highest BCUT2D eigenvalue weighted by atomic mass is 16.2. The molecule has 7 nitrogen and oxygen atoms in total.